The van der Waals surface area contributed by atoms with Gasteiger partial charge in [0.1, 0.15) is 4.83 Å². The molecule has 27 heavy (non-hydrogen) atoms. The summed E-state index contributed by atoms with van der Waals surface area (Å²) in [6.07, 6.45) is 5.03. The van der Waals surface area contributed by atoms with E-state index in [1.54, 1.807) is 15.9 Å². The van der Waals surface area contributed by atoms with Gasteiger partial charge in [0.15, 0.2) is 5.16 Å². The molecule has 140 valence electrons. The second kappa shape index (κ2) is 7.86. The van der Waals surface area contributed by atoms with Crippen LogP contribution in [-0.4, -0.2) is 21.2 Å². The summed E-state index contributed by atoms with van der Waals surface area (Å²) in [7, 11) is 0. The van der Waals surface area contributed by atoms with Crippen molar-refractivity contribution in [3.05, 3.63) is 56.7 Å². The van der Waals surface area contributed by atoms with Gasteiger partial charge in [0.25, 0.3) is 5.56 Å². The minimum atomic E-state index is -0.408. The van der Waals surface area contributed by atoms with Crippen molar-refractivity contribution in [2.45, 2.75) is 43.8 Å². The van der Waals surface area contributed by atoms with Gasteiger partial charge in [0.05, 0.1) is 11.1 Å². The lowest BCUT2D eigenvalue weighted by atomic mass is 9.97. The number of thioether (sulfide) groups is 1. The van der Waals surface area contributed by atoms with Crippen LogP contribution in [0.2, 0.25) is 0 Å². The highest BCUT2D eigenvalue weighted by Gasteiger charge is 2.22. The number of hydrogen-bond donors (Lipinski definition) is 1. The Bertz CT molecular complexity index is 1040. The fourth-order valence-corrected chi connectivity index (χ4v) is 5.62. The second-order valence-electron chi connectivity index (χ2n) is 6.73. The van der Waals surface area contributed by atoms with Crippen LogP contribution in [0.15, 0.2) is 40.3 Å². The number of primary amides is 1. The van der Waals surface area contributed by atoms with Crippen LogP contribution in [0.5, 0.6) is 0 Å². The van der Waals surface area contributed by atoms with Gasteiger partial charge in [0.2, 0.25) is 5.91 Å². The molecule has 0 unspecified atom stereocenters. The molecule has 2 aromatic heterocycles. The van der Waals surface area contributed by atoms with Crippen LogP contribution in [0.1, 0.15) is 28.8 Å². The highest BCUT2D eigenvalue weighted by Crippen LogP contribution is 2.34. The van der Waals surface area contributed by atoms with Crippen molar-refractivity contribution in [1.82, 2.24) is 9.55 Å². The molecule has 4 rings (SSSR count). The Morgan fingerprint density at radius 3 is 2.78 bits per heavy atom. The Labute approximate surface area is 165 Å². The molecule has 1 aliphatic carbocycles. The number of carbonyl (C=O) groups is 1. The SMILES string of the molecule is NC(=O)CSc1nc2sc3c(c2c(=O)n1CCc1ccccc1)CCCC3. The van der Waals surface area contributed by atoms with Gasteiger partial charge in [0, 0.05) is 11.4 Å². The number of nitrogens with zero attached hydrogens (tertiary/aromatic N) is 2. The topological polar surface area (TPSA) is 78.0 Å². The standard InChI is InChI=1S/C20H21N3O2S2/c21-16(24)12-26-20-22-18-17(14-8-4-5-9-15(14)27-18)19(25)23(20)11-10-13-6-2-1-3-7-13/h1-3,6-7H,4-5,8-12H2,(H2,21,24). The second-order valence-corrected chi connectivity index (χ2v) is 8.76. The predicted molar refractivity (Wildman–Crippen MR) is 111 cm³/mol. The molecule has 1 amide bonds. The van der Waals surface area contributed by atoms with E-state index in [0.29, 0.717) is 11.7 Å². The molecule has 0 fully saturated rings. The normalized spacial score (nSPS) is 13.6. The van der Waals surface area contributed by atoms with Crippen LogP contribution >= 0.6 is 23.1 Å². The number of nitrogens with two attached hydrogens (primary N) is 1. The minimum Gasteiger partial charge on any atom is -0.369 e. The minimum absolute atomic E-state index is 0.0160. The van der Waals surface area contributed by atoms with Crippen molar-refractivity contribution in [3.63, 3.8) is 0 Å². The molecular formula is C20H21N3O2S2. The molecule has 0 bridgehead atoms. The average molecular weight is 400 g/mol. The molecule has 2 N–H and O–H groups in total. The highest BCUT2D eigenvalue weighted by molar-refractivity contribution is 7.99. The van der Waals surface area contributed by atoms with Crippen molar-refractivity contribution in [3.8, 4) is 0 Å². The Morgan fingerprint density at radius 2 is 2.00 bits per heavy atom. The molecule has 0 spiro atoms. The van der Waals surface area contributed by atoms with Gasteiger partial charge < -0.3 is 5.73 Å². The smallest absolute Gasteiger partial charge is 0.263 e. The van der Waals surface area contributed by atoms with Crippen molar-refractivity contribution in [1.29, 1.82) is 0 Å². The van der Waals surface area contributed by atoms with E-state index in [0.717, 1.165) is 35.9 Å². The number of rotatable bonds is 6. The molecule has 3 aromatic rings. The fraction of sp³-hybridized carbons (Fsp3) is 0.350. The molecule has 0 atom stereocenters. The van der Waals surface area contributed by atoms with Crippen LogP contribution in [0.3, 0.4) is 0 Å². The molecule has 0 saturated carbocycles. The quantitative estimate of drug-likeness (QED) is 0.510. The van der Waals surface area contributed by atoms with E-state index in [1.807, 2.05) is 18.2 Å². The first kappa shape index (κ1) is 18.3. The van der Waals surface area contributed by atoms with Gasteiger partial charge >= 0.3 is 0 Å². The maximum atomic E-state index is 13.3. The van der Waals surface area contributed by atoms with Crippen molar-refractivity contribution >= 4 is 39.2 Å². The zero-order chi connectivity index (χ0) is 18.8. The largest absolute Gasteiger partial charge is 0.369 e. The summed E-state index contributed by atoms with van der Waals surface area (Å²) in [5, 5.41) is 1.37. The molecule has 1 aromatic carbocycles. The number of aryl methyl sites for hydroxylation is 3. The number of carbonyl (C=O) groups excluding carboxylic acids is 1. The highest BCUT2D eigenvalue weighted by atomic mass is 32.2. The molecule has 5 nitrogen and oxygen atoms in total. The van der Waals surface area contributed by atoms with Crippen LogP contribution < -0.4 is 11.3 Å². The maximum absolute atomic E-state index is 13.3. The van der Waals surface area contributed by atoms with Crippen LogP contribution in [0, 0.1) is 0 Å². The first-order valence-corrected chi connectivity index (χ1v) is 10.9. The van der Waals surface area contributed by atoms with E-state index >= 15 is 0 Å². The summed E-state index contributed by atoms with van der Waals surface area (Å²) in [6.45, 7) is 0.539. The molecule has 1 aliphatic rings. The van der Waals surface area contributed by atoms with E-state index in [2.05, 4.69) is 12.1 Å². The fourth-order valence-electron chi connectivity index (χ4n) is 3.55. The maximum Gasteiger partial charge on any atom is 0.263 e. The molecule has 0 aliphatic heterocycles. The number of fused-ring (bicyclic) bond motifs is 3. The summed E-state index contributed by atoms with van der Waals surface area (Å²) in [5.74, 6) is -0.289. The van der Waals surface area contributed by atoms with E-state index in [-0.39, 0.29) is 11.3 Å². The average Bonchev–Trinajstić information content (AvgIpc) is 3.05. The Morgan fingerprint density at radius 1 is 1.22 bits per heavy atom. The van der Waals surface area contributed by atoms with E-state index < -0.39 is 5.91 Å². The van der Waals surface area contributed by atoms with Crippen molar-refractivity contribution in [2.24, 2.45) is 5.73 Å². The summed E-state index contributed by atoms with van der Waals surface area (Å²) in [6, 6.07) is 10.1. The third kappa shape index (κ3) is 3.80. The summed E-state index contributed by atoms with van der Waals surface area (Å²) >= 11 is 2.88. The van der Waals surface area contributed by atoms with Crippen LogP contribution in [0.25, 0.3) is 10.2 Å². The molecule has 2 heterocycles. The zero-order valence-electron chi connectivity index (χ0n) is 14.9. The summed E-state index contributed by atoms with van der Waals surface area (Å²) in [4.78, 5) is 31.5. The Kier molecular flexibility index (Phi) is 5.31. The number of amides is 1. The van der Waals surface area contributed by atoms with Gasteiger partial charge in [-0.1, -0.05) is 42.1 Å². The monoisotopic (exact) mass is 399 g/mol. The van der Waals surface area contributed by atoms with Gasteiger partial charge in [-0.25, -0.2) is 4.98 Å². The Balaban J connectivity index is 1.77. The summed E-state index contributed by atoms with van der Waals surface area (Å²) in [5.41, 5.74) is 7.69. The Hall–Kier alpha value is -2.12. The third-order valence-corrected chi connectivity index (χ3v) is 7.03. The molecule has 0 saturated heterocycles. The lowest BCUT2D eigenvalue weighted by Crippen LogP contribution is -2.25. The zero-order valence-corrected chi connectivity index (χ0v) is 16.6. The van der Waals surface area contributed by atoms with Gasteiger partial charge in [-0.05, 0) is 43.2 Å². The van der Waals surface area contributed by atoms with Crippen LogP contribution in [-0.2, 0) is 30.6 Å². The first-order valence-electron chi connectivity index (χ1n) is 9.13. The van der Waals surface area contributed by atoms with E-state index in [9.17, 15) is 9.59 Å². The van der Waals surface area contributed by atoms with Gasteiger partial charge in [-0.3, -0.25) is 14.2 Å². The lowest BCUT2D eigenvalue weighted by molar-refractivity contribution is -0.115. The van der Waals surface area contributed by atoms with E-state index in [4.69, 9.17) is 10.7 Å². The first-order chi connectivity index (χ1) is 13.1. The van der Waals surface area contributed by atoms with Crippen LogP contribution in [0.4, 0.5) is 0 Å². The molecular weight excluding hydrogens is 378 g/mol. The van der Waals surface area contributed by atoms with Gasteiger partial charge in [-0.2, -0.15) is 0 Å². The third-order valence-electron chi connectivity index (χ3n) is 4.85. The van der Waals surface area contributed by atoms with Crippen molar-refractivity contribution < 1.29 is 4.79 Å². The summed E-state index contributed by atoms with van der Waals surface area (Å²) < 4.78 is 1.73. The predicted octanol–water partition coefficient (Wildman–Crippen LogP) is 3.16. The van der Waals surface area contributed by atoms with E-state index in [1.165, 1.54) is 34.2 Å². The van der Waals surface area contributed by atoms with Gasteiger partial charge in [-0.15, -0.1) is 11.3 Å². The van der Waals surface area contributed by atoms with Crippen molar-refractivity contribution in [2.75, 3.05) is 5.75 Å². The number of hydrogen-bond acceptors (Lipinski definition) is 5. The lowest BCUT2D eigenvalue weighted by Gasteiger charge is -2.13. The number of thiophene rings is 1. The number of benzene rings is 1. The molecule has 7 heteroatoms. The molecule has 0 radical (unpaired) electrons. The number of aromatic nitrogens is 2.